The number of para-hydroxylation sites is 1. The number of carbonyl (C=O) groups is 3. The van der Waals surface area contributed by atoms with Crippen LogP contribution in [-0.4, -0.2) is 36.6 Å². The average Bonchev–Trinajstić information content (AvgIpc) is 2.87. The summed E-state index contributed by atoms with van der Waals surface area (Å²) in [5.74, 6) is -1.47. The molecular weight excluding hydrogens is 485 g/mol. The lowest BCUT2D eigenvalue weighted by Crippen LogP contribution is -2.54. The van der Waals surface area contributed by atoms with Crippen molar-refractivity contribution in [3.8, 4) is 11.5 Å². The fourth-order valence-electron chi connectivity index (χ4n) is 3.40. The number of benzene rings is 3. The van der Waals surface area contributed by atoms with Gasteiger partial charge in [0.15, 0.2) is 23.2 Å². The van der Waals surface area contributed by atoms with Gasteiger partial charge in [-0.15, -0.1) is 0 Å². The van der Waals surface area contributed by atoms with E-state index in [2.05, 4.69) is 10.6 Å². The summed E-state index contributed by atoms with van der Waals surface area (Å²) in [5, 5.41) is 5.12. The van der Waals surface area contributed by atoms with Crippen LogP contribution >= 0.6 is 12.2 Å². The van der Waals surface area contributed by atoms with E-state index in [0.29, 0.717) is 16.9 Å². The molecule has 0 atom stereocenters. The van der Waals surface area contributed by atoms with Crippen LogP contribution in [0.5, 0.6) is 11.5 Å². The lowest BCUT2D eigenvalue weighted by atomic mass is 10.1. The number of methoxy groups -OCH3 is 1. The Morgan fingerprint density at radius 1 is 1.06 bits per heavy atom. The van der Waals surface area contributed by atoms with Crippen molar-refractivity contribution in [3.05, 3.63) is 89.8 Å². The first kappa shape index (κ1) is 24.6. The van der Waals surface area contributed by atoms with Gasteiger partial charge in [-0.1, -0.05) is 24.3 Å². The smallest absolute Gasteiger partial charge is 0.270 e. The van der Waals surface area contributed by atoms with Crippen LogP contribution in [0.4, 0.5) is 15.8 Å². The summed E-state index contributed by atoms with van der Waals surface area (Å²) in [7, 11) is 1.42. The summed E-state index contributed by atoms with van der Waals surface area (Å²) < 4.78 is 23.9. The topological polar surface area (TPSA) is 97.0 Å². The van der Waals surface area contributed by atoms with Crippen molar-refractivity contribution in [1.29, 1.82) is 0 Å². The van der Waals surface area contributed by atoms with E-state index in [0.717, 1.165) is 0 Å². The Bertz CT molecular complexity index is 1360. The molecule has 0 bridgehead atoms. The molecule has 3 aromatic carbocycles. The molecule has 182 valence electrons. The molecule has 0 spiro atoms. The van der Waals surface area contributed by atoms with E-state index in [9.17, 15) is 18.8 Å². The Morgan fingerprint density at radius 3 is 2.47 bits per heavy atom. The number of carbonyl (C=O) groups excluding carboxylic acids is 3. The van der Waals surface area contributed by atoms with Crippen molar-refractivity contribution >= 4 is 52.5 Å². The molecule has 0 saturated carbocycles. The maximum absolute atomic E-state index is 13.1. The quantitative estimate of drug-likeness (QED) is 0.289. The molecule has 0 aliphatic carbocycles. The van der Waals surface area contributed by atoms with Crippen LogP contribution in [0.2, 0.25) is 0 Å². The van der Waals surface area contributed by atoms with E-state index in [1.807, 2.05) is 0 Å². The van der Waals surface area contributed by atoms with Gasteiger partial charge in [-0.25, -0.2) is 4.39 Å². The summed E-state index contributed by atoms with van der Waals surface area (Å²) in [6.07, 6.45) is 1.42. The Morgan fingerprint density at radius 2 is 1.78 bits per heavy atom. The largest absolute Gasteiger partial charge is 0.493 e. The maximum Gasteiger partial charge on any atom is 0.270 e. The Balaban J connectivity index is 1.49. The van der Waals surface area contributed by atoms with E-state index in [1.165, 1.54) is 42.4 Å². The van der Waals surface area contributed by atoms with Crippen molar-refractivity contribution in [1.82, 2.24) is 5.32 Å². The third-order valence-corrected chi connectivity index (χ3v) is 5.39. The van der Waals surface area contributed by atoms with Gasteiger partial charge in [0.2, 0.25) is 0 Å². The SMILES string of the molecule is COc1cc(/C=C2/C(=O)NC(=S)N(c3ccccc3)C2=O)ccc1OCC(=O)Nc1ccc(F)cc1. The minimum Gasteiger partial charge on any atom is -0.493 e. The summed E-state index contributed by atoms with van der Waals surface area (Å²) >= 11 is 5.19. The van der Waals surface area contributed by atoms with Gasteiger partial charge in [0.1, 0.15) is 11.4 Å². The van der Waals surface area contributed by atoms with Gasteiger partial charge in [0.25, 0.3) is 17.7 Å². The first-order chi connectivity index (χ1) is 17.4. The van der Waals surface area contributed by atoms with Crippen molar-refractivity contribution in [2.24, 2.45) is 0 Å². The predicted molar refractivity (Wildman–Crippen MR) is 136 cm³/mol. The van der Waals surface area contributed by atoms with E-state index < -0.39 is 23.5 Å². The van der Waals surface area contributed by atoms with Gasteiger partial charge in [-0.3, -0.25) is 24.6 Å². The molecule has 10 heteroatoms. The second kappa shape index (κ2) is 10.8. The molecule has 8 nitrogen and oxygen atoms in total. The first-order valence-corrected chi connectivity index (χ1v) is 11.1. The molecular formula is C26H20FN3O5S. The molecule has 1 aliphatic heterocycles. The molecule has 2 N–H and O–H groups in total. The fourth-order valence-corrected chi connectivity index (χ4v) is 3.68. The van der Waals surface area contributed by atoms with Crippen LogP contribution in [0, 0.1) is 5.82 Å². The molecule has 1 fully saturated rings. The summed E-state index contributed by atoms with van der Waals surface area (Å²) in [5.41, 5.74) is 1.34. The lowest BCUT2D eigenvalue weighted by molar-refractivity contribution is -0.122. The van der Waals surface area contributed by atoms with Crippen LogP contribution < -0.4 is 25.0 Å². The highest BCUT2D eigenvalue weighted by Gasteiger charge is 2.34. The standard InChI is InChI=1S/C26H20FN3O5S/c1-34-22-14-16(7-12-21(22)35-15-23(31)28-18-10-8-17(27)9-11-18)13-20-24(32)29-26(36)30(25(20)33)19-5-3-2-4-6-19/h2-14H,15H2,1H3,(H,28,31)(H,29,32,36)/b20-13-. The van der Waals surface area contributed by atoms with Crippen molar-refractivity contribution in [3.63, 3.8) is 0 Å². The molecule has 0 radical (unpaired) electrons. The third kappa shape index (κ3) is 5.56. The minimum absolute atomic E-state index is 0.00593. The zero-order valence-electron chi connectivity index (χ0n) is 19.0. The number of amides is 3. The lowest BCUT2D eigenvalue weighted by Gasteiger charge is -2.28. The van der Waals surface area contributed by atoms with Gasteiger partial charge in [-0.2, -0.15) is 0 Å². The molecule has 3 amide bonds. The third-order valence-electron chi connectivity index (χ3n) is 5.10. The highest BCUT2D eigenvalue weighted by molar-refractivity contribution is 7.80. The van der Waals surface area contributed by atoms with Crippen molar-refractivity contribution < 1.29 is 28.2 Å². The maximum atomic E-state index is 13.1. The molecule has 0 unspecified atom stereocenters. The monoisotopic (exact) mass is 505 g/mol. The summed E-state index contributed by atoms with van der Waals surface area (Å²) in [4.78, 5) is 39.1. The number of nitrogens with zero attached hydrogens (tertiary/aromatic N) is 1. The molecule has 36 heavy (non-hydrogen) atoms. The van der Waals surface area contributed by atoms with Crippen LogP contribution in [0.25, 0.3) is 6.08 Å². The zero-order valence-corrected chi connectivity index (χ0v) is 19.8. The van der Waals surface area contributed by atoms with Crippen LogP contribution in [0.1, 0.15) is 5.56 Å². The number of nitrogens with one attached hydrogen (secondary N) is 2. The Kier molecular flexibility index (Phi) is 7.36. The molecule has 0 aromatic heterocycles. The van der Waals surface area contributed by atoms with Gasteiger partial charge >= 0.3 is 0 Å². The number of hydrogen-bond donors (Lipinski definition) is 2. The number of thiocarbonyl (C=S) groups is 1. The Labute approximate surface area is 211 Å². The Hall–Kier alpha value is -4.57. The number of hydrogen-bond acceptors (Lipinski definition) is 6. The van der Waals surface area contributed by atoms with Gasteiger partial charge in [-0.05, 0) is 72.4 Å². The average molecular weight is 506 g/mol. The zero-order chi connectivity index (χ0) is 25.7. The highest BCUT2D eigenvalue weighted by Crippen LogP contribution is 2.30. The summed E-state index contributed by atoms with van der Waals surface area (Å²) in [6.45, 7) is -0.321. The van der Waals surface area contributed by atoms with Crippen LogP contribution in [-0.2, 0) is 14.4 Å². The number of halogens is 1. The summed E-state index contributed by atoms with van der Waals surface area (Å²) in [6, 6.07) is 18.8. The van der Waals surface area contributed by atoms with Crippen molar-refractivity contribution in [2.45, 2.75) is 0 Å². The van der Waals surface area contributed by atoms with E-state index in [4.69, 9.17) is 21.7 Å². The van der Waals surface area contributed by atoms with Gasteiger partial charge < -0.3 is 14.8 Å². The number of anilines is 2. The van der Waals surface area contributed by atoms with Gasteiger partial charge in [0, 0.05) is 5.69 Å². The minimum atomic E-state index is -0.617. The number of rotatable bonds is 7. The predicted octanol–water partition coefficient (Wildman–Crippen LogP) is 3.68. The normalized spacial score (nSPS) is 14.4. The first-order valence-electron chi connectivity index (χ1n) is 10.7. The molecule has 1 aliphatic rings. The highest BCUT2D eigenvalue weighted by atomic mass is 32.1. The number of ether oxygens (including phenoxy) is 2. The molecule has 1 heterocycles. The van der Waals surface area contributed by atoms with Crippen LogP contribution in [0.15, 0.2) is 78.4 Å². The second-order valence-corrected chi connectivity index (χ2v) is 7.93. The molecule has 1 saturated heterocycles. The second-order valence-electron chi connectivity index (χ2n) is 7.55. The van der Waals surface area contributed by atoms with Crippen molar-refractivity contribution in [2.75, 3.05) is 23.9 Å². The van der Waals surface area contributed by atoms with Gasteiger partial charge in [0.05, 0.1) is 12.8 Å². The molecule has 4 rings (SSSR count). The van der Waals surface area contributed by atoms with E-state index in [1.54, 1.807) is 48.5 Å². The fraction of sp³-hybridized carbons (Fsp3) is 0.0769. The van der Waals surface area contributed by atoms with Crippen LogP contribution in [0.3, 0.4) is 0 Å². The van der Waals surface area contributed by atoms with E-state index in [-0.39, 0.29) is 28.8 Å². The molecule has 3 aromatic rings. The van der Waals surface area contributed by atoms with E-state index >= 15 is 0 Å².